The first-order valence-electron chi connectivity index (χ1n) is 6.29. The number of carboxylic acids is 1. The highest BCUT2D eigenvalue weighted by Gasteiger charge is 2.27. The van der Waals surface area contributed by atoms with E-state index in [2.05, 4.69) is 4.72 Å². The van der Waals surface area contributed by atoms with Gasteiger partial charge in [0.15, 0.2) is 5.82 Å². The molecule has 0 fully saturated rings. The van der Waals surface area contributed by atoms with Crippen LogP contribution >= 0.6 is 0 Å². The fraction of sp³-hybridized carbons (Fsp3) is 0.462. The minimum Gasteiger partial charge on any atom is -0.477 e. The van der Waals surface area contributed by atoms with Gasteiger partial charge in [-0.05, 0) is 24.0 Å². The minimum atomic E-state index is -4.25. The number of carbonyl (C=O) groups is 1. The third kappa shape index (κ3) is 3.98. The van der Waals surface area contributed by atoms with Gasteiger partial charge in [-0.3, -0.25) is 0 Å². The third-order valence-electron chi connectivity index (χ3n) is 3.29. The molecule has 1 unspecified atom stereocenters. The van der Waals surface area contributed by atoms with Crippen LogP contribution in [0.15, 0.2) is 17.0 Å². The Morgan fingerprint density at radius 1 is 1.29 bits per heavy atom. The van der Waals surface area contributed by atoms with E-state index < -0.39 is 38.1 Å². The van der Waals surface area contributed by atoms with E-state index >= 15 is 0 Å². The highest BCUT2D eigenvalue weighted by atomic mass is 32.2. The van der Waals surface area contributed by atoms with Gasteiger partial charge in [-0.15, -0.1) is 0 Å². The molecule has 0 bridgehead atoms. The molecular weight excluding hydrogens is 304 g/mol. The Labute approximate surface area is 122 Å². The first kappa shape index (κ1) is 17.5. The Hall–Kier alpha value is -1.54. The number of nitrogens with one attached hydrogen (secondary N) is 1. The summed E-state index contributed by atoms with van der Waals surface area (Å²) >= 11 is 0. The zero-order chi connectivity index (χ0) is 16.4. The molecule has 1 rings (SSSR count). The van der Waals surface area contributed by atoms with Crippen LogP contribution in [0.5, 0.6) is 0 Å². The standard InChI is InChI=1S/C13H17F2NO4S/c1-7(2)8(3)6-16-21(19,20)10-5-4-9(14)11(12(10)15)13(17)18/h4-5,7-8,16H,6H2,1-3H3,(H,17,18). The van der Waals surface area contributed by atoms with E-state index in [4.69, 9.17) is 5.11 Å². The highest BCUT2D eigenvalue weighted by Crippen LogP contribution is 2.21. The zero-order valence-corrected chi connectivity index (χ0v) is 12.7. The Kier molecular flexibility index (Phi) is 5.41. The Balaban J connectivity index is 3.16. The van der Waals surface area contributed by atoms with Crippen LogP contribution in [0.3, 0.4) is 0 Å². The van der Waals surface area contributed by atoms with E-state index in [1.807, 2.05) is 20.8 Å². The molecule has 1 aromatic carbocycles. The number of carboxylic acid groups (broad SMARTS) is 1. The van der Waals surface area contributed by atoms with Crippen LogP contribution in [0.4, 0.5) is 8.78 Å². The predicted octanol–water partition coefficient (Wildman–Crippen LogP) is 2.23. The number of rotatable bonds is 6. The van der Waals surface area contributed by atoms with Gasteiger partial charge < -0.3 is 5.11 Å². The summed E-state index contributed by atoms with van der Waals surface area (Å²) < 4.78 is 53.4. The van der Waals surface area contributed by atoms with Gasteiger partial charge >= 0.3 is 5.97 Å². The monoisotopic (exact) mass is 321 g/mol. The fourth-order valence-electron chi connectivity index (χ4n) is 1.49. The van der Waals surface area contributed by atoms with Gasteiger partial charge in [0.25, 0.3) is 0 Å². The quantitative estimate of drug-likeness (QED) is 0.841. The molecule has 21 heavy (non-hydrogen) atoms. The van der Waals surface area contributed by atoms with Crippen LogP contribution in [-0.2, 0) is 10.0 Å². The van der Waals surface area contributed by atoms with E-state index in [1.165, 1.54) is 0 Å². The third-order valence-corrected chi connectivity index (χ3v) is 4.73. The molecule has 0 spiro atoms. The lowest BCUT2D eigenvalue weighted by atomic mass is 9.99. The van der Waals surface area contributed by atoms with Crippen molar-refractivity contribution in [3.05, 3.63) is 29.3 Å². The molecular formula is C13H17F2NO4S. The summed E-state index contributed by atoms with van der Waals surface area (Å²) in [4.78, 5) is 9.90. The van der Waals surface area contributed by atoms with Gasteiger partial charge in [0.1, 0.15) is 16.3 Å². The first-order chi connectivity index (χ1) is 9.58. The molecule has 5 nitrogen and oxygen atoms in total. The number of aromatic carboxylic acids is 1. The van der Waals surface area contributed by atoms with Crippen molar-refractivity contribution in [3.63, 3.8) is 0 Å². The highest BCUT2D eigenvalue weighted by molar-refractivity contribution is 7.89. The second-order valence-corrected chi connectivity index (χ2v) is 6.85. The Bertz CT molecular complexity index is 644. The largest absolute Gasteiger partial charge is 0.477 e. The van der Waals surface area contributed by atoms with E-state index in [-0.39, 0.29) is 18.4 Å². The van der Waals surface area contributed by atoms with Gasteiger partial charge in [0.2, 0.25) is 10.0 Å². The van der Waals surface area contributed by atoms with Gasteiger partial charge in [0, 0.05) is 6.54 Å². The topological polar surface area (TPSA) is 83.5 Å². The lowest BCUT2D eigenvalue weighted by molar-refractivity contribution is 0.0685. The smallest absolute Gasteiger partial charge is 0.341 e. The average molecular weight is 321 g/mol. The van der Waals surface area contributed by atoms with Crippen molar-refractivity contribution >= 4 is 16.0 Å². The minimum absolute atomic E-state index is 0.00206. The molecule has 0 radical (unpaired) electrons. The van der Waals surface area contributed by atoms with Crippen LogP contribution < -0.4 is 4.72 Å². The Morgan fingerprint density at radius 2 is 1.86 bits per heavy atom. The molecule has 8 heteroatoms. The molecule has 0 saturated carbocycles. The van der Waals surface area contributed by atoms with Crippen molar-refractivity contribution in [2.24, 2.45) is 11.8 Å². The summed E-state index contributed by atoms with van der Waals surface area (Å²) in [6, 6.07) is 1.33. The van der Waals surface area contributed by atoms with Gasteiger partial charge in [-0.1, -0.05) is 20.8 Å². The second kappa shape index (κ2) is 6.48. The summed E-state index contributed by atoms with van der Waals surface area (Å²) in [5, 5.41) is 8.73. The maximum Gasteiger partial charge on any atom is 0.341 e. The fourth-order valence-corrected chi connectivity index (χ4v) is 2.71. The van der Waals surface area contributed by atoms with Gasteiger partial charge in [0.05, 0.1) is 0 Å². The van der Waals surface area contributed by atoms with E-state index in [1.54, 1.807) is 0 Å². The van der Waals surface area contributed by atoms with E-state index in [9.17, 15) is 22.0 Å². The molecule has 0 aliphatic rings. The van der Waals surface area contributed by atoms with Gasteiger partial charge in [-0.25, -0.2) is 26.7 Å². The molecule has 0 heterocycles. The van der Waals surface area contributed by atoms with Crippen LogP contribution in [0.25, 0.3) is 0 Å². The number of hydrogen-bond donors (Lipinski definition) is 2. The molecule has 0 aliphatic heterocycles. The zero-order valence-electron chi connectivity index (χ0n) is 11.9. The van der Waals surface area contributed by atoms with Crippen LogP contribution in [0.1, 0.15) is 31.1 Å². The van der Waals surface area contributed by atoms with E-state index in [0.717, 1.165) is 0 Å². The van der Waals surface area contributed by atoms with Crippen LogP contribution in [-0.4, -0.2) is 26.0 Å². The number of halogens is 2. The molecule has 0 aliphatic carbocycles. The number of benzene rings is 1. The molecule has 0 aromatic heterocycles. The SMILES string of the molecule is CC(C)C(C)CNS(=O)(=O)c1ccc(F)c(C(=O)O)c1F. The lowest BCUT2D eigenvalue weighted by Gasteiger charge is -2.16. The van der Waals surface area contributed by atoms with Crippen molar-refractivity contribution in [2.45, 2.75) is 25.7 Å². The first-order valence-corrected chi connectivity index (χ1v) is 7.77. The van der Waals surface area contributed by atoms with Gasteiger partial charge in [-0.2, -0.15) is 0 Å². The summed E-state index contributed by atoms with van der Waals surface area (Å²) in [7, 11) is -4.25. The molecule has 1 aromatic rings. The number of hydrogen-bond acceptors (Lipinski definition) is 3. The van der Waals surface area contributed by atoms with Crippen molar-refractivity contribution in [3.8, 4) is 0 Å². The molecule has 0 saturated heterocycles. The molecule has 0 amide bonds. The maximum absolute atomic E-state index is 13.9. The molecule has 118 valence electrons. The van der Waals surface area contributed by atoms with Crippen molar-refractivity contribution in [2.75, 3.05) is 6.54 Å². The summed E-state index contributed by atoms with van der Waals surface area (Å²) in [6.07, 6.45) is 0. The summed E-state index contributed by atoms with van der Waals surface area (Å²) in [6.45, 7) is 5.69. The average Bonchev–Trinajstić information content (AvgIpc) is 2.35. The molecule has 1 atom stereocenters. The predicted molar refractivity (Wildman–Crippen MR) is 72.5 cm³/mol. The van der Waals surface area contributed by atoms with Crippen molar-refractivity contribution < 1.29 is 27.1 Å². The number of sulfonamides is 1. The van der Waals surface area contributed by atoms with Crippen LogP contribution in [0.2, 0.25) is 0 Å². The summed E-state index contributed by atoms with van der Waals surface area (Å²) in [5.74, 6) is -4.58. The van der Waals surface area contributed by atoms with Crippen LogP contribution in [0, 0.1) is 23.5 Å². The van der Waals surface area contributed by atoms with Crippen molar-refractivity contribution in [1.82, 2.24) is 4.72 Å². The maximum atomic E-state index is 13.9. The molecule has 2 N–H and O–H groups in total. The van der Waals surface area contributed by atoms with E-state index in [0.29, 0.717) is 12.1 Å². The Morgan fingerprint density at radius 3 is 2.33 bits per heavy atom. The summed E-state index contributed by atoms with van der Waals surface area (Å²) in [5.41, 5.74) is -1.28. The van der Waals surface area contributed by atoms with Crippen molar-refractivity contribution in [1.29, 1.82) is 0 Å². The lowest BCUT2D eigenvalue weighted by Crippen LogP contribution is -2.31. The second-order valence-electron chi connectivity index (χ2n) is 5.11. The normalized spacial score (nSPS) is 13.4.